The summed E-state index contributed by atoms with van der Waals surface area (Å²) in [6, 6.07) is 6.93. The molecule has 0 aliphatic carbocycles. The van der Waals surface area contributed by atoms with Crippen LogP contribution in [0.1, 0.15) is 37.9 Å². The predicted octanol–water partition coefficient (Wildman–Crippen LogP) is 3.84. The van der Waals surface area contributed by atoms with Gasteiger partial charge in [0, 0.05) is 32.2 Å². The fourth-order valence-electron chi connectivity index (χ4n) is 3.23. The van der Waals surface area contributed by atoms with E-state index < -0.39 is 0 Å². The lowest BCUT2D eigenvalue weighted by molar-refractivity contribution is 0.0857. The van der Waals surface area contributed by atoms with Crippen LogP contribution >= 0.6 is 24.8 Å². The molecule has 3 nitrogen and oxygen atoms in total. The molecule has 1 aromatic carbocycles. The molecule has 0 radical (unpaired) electrons. The number of rotatable bonds is 3. The Labute approximate surface area is 147 Å². The molecule has 1 atom stereocenters. The maximum atomic E-state index is 5.34. The Balaban J connectivity index is 0.00000220. The molecular weight excluding hydrogens is 319 g/mol. The van der Waals surface area contributed by atoms with Crippen LogP contribution < -0.4 is 10.1 Å². The summed E-state index contributed by atoms with van der Waals surface area (Å²) < 4.78 is 5.34. The monoisotopic (exact) mass is 348 g/mol. The predicted molar refractivity (Wildman–Crippen MR) is 98.9 cm³/mol. The topological polar surface area (TPSA) is 24.5 Å². The number of benzene rings is 1. The van der Waals surface area contributed by atoms with Gasteiger partial charge in [0.2, 0.25) is 0 Å². The second kappa shape index (κ2) is 8.97. The molecule has 1 aliphatic rings. The number of nitrogens with one attached hydrogen (secondary N) is 1. The van der Waals surface area contributed by atoms with E-state index in [1.165, 1.54) is 11.1 Å². The SMILES string of the molecule is COc1ccc([C@H](N2CCNCC2)C(C)(C)C)c(C)c1.Cl.Cl. The number of ether oxygens (including phenoxy) is 1. The maximum absolute atomic E-state index is 5.34. The van der Waals surface area contributed by atoms with Crippen molar-refractivity contribution in [2.24, 2.45) is 5.41 Å². The first-order valence-corrected chi connectivity index (χ1v) is 7.53. The van der Waals surface area contributed by atoms with E-state index in [2.05, 4.69) is 56.1 Å². The highest BCUT2D eigenvalue weighted by Gasteiger charge is 2.33. The molecule has 0 saturated carbocycles. The van der Waals surface area contributed by atoms with Crippen molar-refractivity contribution in [1.29, 1.82) is 0 Å². The number of hydrogen-bond donors (Lipinski definition) is 1. The summed E-state index contributed by atoms with van der Waals surface area (Å²) in [4.78, 5) is 2.62. The third-order valence-electron chi connectivity index (χ3n) is 4.11. The van der Waals surface area contributed by atoms with Gasteiger partial charge in [0.1, 0.15) is 5.75 Å². The Hall–Kier alpha value is -0.480. The van der Waals surface area contributed by atoms with Crippen molar-refractivity contribution < 1.29 is 4.74 Å². The Morgan fingerprint density at radius 3 is 2.18 bits per heavy atom. The van der Waals surface area contributed by atoms with Crippen molar-refractivity contribution >= 4 is 24.8 Å². The number of hydrogen-bond acceptors (Lipinski definition) is 3. The summed E-state index contributed by atoms with van der Waals surface area (Å²) in [5.41, 5.74) is 2.97. The van der Waals surface area contributed by atoms with Gasteiger partial charge >= 0.3 is 0 Å². The van der Waals surface area contributed by atoms with E-state index in [-0.39, 0.29) is 30.2 Å². The first-order chi connectivity index (χ1) is 9.43. The highest BCUT2D eigenvalue weighted by Crippen LogP contribution is 2.40. The maximum Gasteiger partial charge on any atom is 0.119 e. The zero-order chi connectivity index (χ0) is 14.8. The fraction of sp³-hybridized carbons (Fsp3) is 0.647. The average Bonchev–Trinajstić information content (AvgIpc) is 2.40. The van der Waals surface area contributed by atoms with Gasteiger partial charge in [-0.3, -0.25) is 4.90 Å². The van der Waals surface area contributed by atoms with Crippen LogP contribution in [0.15, 0.2) is 18.2 Å². The van der Waals surface area contributed by atoms with Gasteiger partial charge in [0.15, 0.2) is 0 Å². The molecule has 0 spiro atoms. The van der Waals surface area contributed by atoms with Gasteiger partial charge in [-0.15, -0.1) is 24.8 Å². The van der Waals surface area contributed by atoms with E-state index >= 15 is 0 Å². The molecule has 0 bridgehead atoms. The molecule has 1 heterocycles. The first kappa shape index (κ1) is 21.5. The van der Waals surface area contributed by atoms with Gasteiger partial charge in [-0.05, 0) is 35.6 Å². The normalized spacial score (nSPS) is 17.1. The number of methoxy groups -OCH3 is 1. The average molecular weight is 349 g/mol. The van der Waals surface area contributed by atoms with Crippen LogP contribution in [-0.2, 0) is 0 Å². The van der Waals surface area contributed by atoms with Crippen LogP contribution in [-0.4, -0.2) is 38.2 Å². The van der Waals surface area contributed by atoms with Crippen LogP contribution in [0.25, 0.3) is 0 Å². The third kappa shape index (κ3) is 5.02. The molecule has 5 heteroatoms. The molecule has 22 heavy (non-hydrogen) atoms. The summed E-state index contributed by atoms with van der Waals surface area (Å²) in [6.07, 6.45) is 0. The van der Waals surface area contributed by atoms with Crippen molar-refractivity contribution in [3.63, 3.8) is 0 Å². The lowest BCUT2D eigenvalue weighted by Crippen LogP contribution is -2.48. The summed E-state index contributed by atoms with van der Waals surface area (Å²) in [5, 5.41) is 3.44. The number of piperazine rings is 1. The van der Waals surface area contributed by atoms with Crippen LogP contribution in [0.2, 0.25) is 0 Å². The standard InChI is InChI=1S/C17H28N2O.2ClH/c1-13-12-14(20-5)6-7-15(13)16(17(2,3)4)19-10-8-18-9-11-19;;/h6-7,12,16,18H,8-11H2,1-5H3;2*1H/t16-;;/m0../s1. The number of aryl methyl sites for hydroxylation is 1. The molecule has 1 aromatic rings. The summed E-state index contributed by atoms with van der Waals surface area (Å²) in [5.74, 6) is 0.944. The largest absolute Gasteiger partial charge is 0.497 e. The highest BCUT2D eigenvalue weighted by atomic mass is 35.5. The molecule has 1 saturated heterocycles. The summed E-state index contributed by atoms with van der Waals surface area (Å²) in [7, 11) is 1.73. The van der Waals surface area contributed by atoms with Crippen molar-refractivity contribution in [3.8, 4) is 5.75 Å². The minimum atomic E-state index is 0. The van der Waals surface area contributed by atoms with Crippen molar-refractivity contribution in [2.75, 3.05) is 33.3 Å². The van der Waals surface area contributed by atoms with Gasteiger partial charge < -0.3 is 10.1 Å². The van der Waals surface area contributed by atoms with Gasteiger partial charge in [0.05, 0.1) is 7.11 Å². The van der Waals surface area contributed by atoms with Crippen LogP contribution in [0.5, 0.6) is 5.75 Å². The number of nitrogens with zero attached hydrogens (tertiary/aromatic N) is 1. The molecule has 0 amide bonds. The minimum absolute atomic E-state index is 0. The van der Waals surface area contributed by atoms with E-state index in [0.717, 1.165) is 31.9 Å². The quantitative estimate of drug-likeness (QED) is 0.897. The van der Waals surface area contributed by atoms with Gasteiger partial charge in [-0.1, -0.05) is 26.8 Å². The first-order valence-electron chi connectivity index (χ1n) is 7.53. The Morgan fingerprint density at radius 1 is 1.14 bits per heavy atom. The number of halogens is 2. The summed E-state index contributed by atoms with van der Waals surface area (Å²) in [6.45, 7) is 13.6. The molecule has 1 N–H and O–H groups in total. The van der Waals surface area contributed by atoms with Crippen molar-refractivity contribution in [3.05, 3.63) is 29.3 Å². The molecule has 2 rings (SSSR count). The Bertz CT molecular complexity index is 454. The van der Waals surface area contributed by atoms with Gasteiger partial charge in [-0.2, -0.15) is 0 Å². The molecule has 128 valence electrons. The molecule has 1 aliphatic heterocycles. The lowest BCUT2D eigenvalue weighted by Gasteiger charge is -2.43. The van der Waals surface area contributed by atoms with Crippen molar-refractivity contribution in [1.82, 2.24) is 10.2 Å². The van der Waals surface area contributed by atoms with E-state index in [0.29, 0.717) is 6.04 Å². The Morgan fingerprint density at radius 2 is 1.73 bits per heavy atom. The zero-order valence-electron chi connectivity index (χ0n) is 14.3. The van der Waals surface area contributed by atoms with Crippen LogP contribution in [0, 0.1) is 12.3 Å². The van der Waals surface area contributed by atoms with Gasteiger partial charge in [-0.25, -0.2) is 0 Å². The molecule has 0 unspecified atom stereocenters. The highest BCUT2D eigenvalue weighted by molar-refractivity contribution is 5.85. The molecular formula is C17H30Cl2N2O. The second-order valence-electron chi connectivity index (χ2n) is 6.78. The van der Waals surface area contributed by atoms with E-state index in [9.17, 15) is 0 Å². The van der Waals surface area contributed by atoms with E-state index in [1.807, 2.05) is 0 Å². The Kier molecular flexibility index (Phi) is 8.78. The van der Waals surface area contributed by atoms with E-state index in [4.69, 9.17) is 4.74 Å². The van der Waals surface area contributed by atoms with Crippen molar-refractivity contribution in [2.45, 2.75) is 33.7 Å². The smallest absolute Gasteiger partial charge is 0.119 e. The van der Waals surface area contributed by atoms with Crippen LogP contribution in [0.3, 0.4) is 0 Å². The van der Waals surface area contributed by atoms with Crippen LogP contribution in [0.4, 0.5) is 0 Å². The zero-order valence-corrected chi connectivity index (χ0v) is 15.9. The fourth-order valence-corrected chi connectivity index (χ4v) is 3.23. The molecule has 1 fully saturated rings. The summed E-state index contributed by atoms with van der Waals surface area (Å²) >= 11 is 0. The van der Waals surface area contributed by atoms with Gasteiger partial charge in [0.25, 0.3) is 0 Å². The minimum Gasteiger partial charge on any atom is -0.497 e. The second-order valence-corrected chi connectivity index (χ2v) is 6.78. The third-order valence-corrected chi connectivity index (χ3v) is 4.11. The molecule has 0 aromatic heterocycles. The lowest BCUT2D eigenvalue weighted by atomic mass is 9.79. The van der Waals surface area contributed by atoms with E-state index in [1.54, 1.807) is 7.11 Å².